The number of hydrogen-bond acceptors (Lipinski definition) is 0. The first-order valence-electron chi connectivity index (χ1n) is 4.75. The Bertz CT molecular complexity index is 407. The van der Waals surface area contributed by atoms with E-state index in [-0.39, 0.29) is 0 Å². The molecule has 14 heavy (non-hydrogen) atoms. The van der Waals surface area contributed by atoms with E-state index in [0.29, 0.717) is 6.32 Å². The molecular weight excluding hydrogens is 167 g/mol. The molecule has 0 aliphatic rings. The summed E-state index contributed by atoms with van der Waals surface area (Å²) < 4.78 is 0. The molecule has 1 heteroatoms. The smallest absolute Gasteiger partial charge is 0.0637 e. The Hall–Kier alpha value is -1.50. The Morgan fingerprint density at radius 3 is 2.14 bits per heavy atom. The Kier molecular flexibility index (Phi) is 2.69. The second kappa shape index (κ2) is 4.14. The number of benzene rings is 2. The third-order valence-electron chi connectivity index (χ3n) is 2.32. The van der Waals surface area contributed by atoms with Crippen LogP contribution in [-0.2, 0) is 6.32 Å². The van der Waals surface area contributed by atoms with Crippen LogP contribution >= 0.6 is 0 Å². The van der Waals surface area contributed by atoms with Crippen molar-refractivity contribution in [1.29, 1.82) is 0 Å². The normalized spacial score (nSPS) is 10.0. The second-order valence-electron chi connectivity index (χ2n) is 3.23. The van der Waals surface area contributed by atoms with Crippen LogP contribution in [0.2, 0.25) is 0 Å². The van der Waals surface area contributed by atoms with Gasteiger partial charge in [-0.1, -0.05) is 60.9 Å². The van der Waals surface area contributed by atoms with Crippen LogP contribution in [0, 0.1) is 0 Å². The fourth-order valence-corrected chi connectivity index (χ4v) is 1.60. The summed E-state index contributed by atoms with van der Waals surface area (Å²) in [6, 6.07) is 18.6. The lowest BCUT2D eigenvalue weighted by Gasteiger charge is -2.07. The van der Waals surface area contributed by atoms with Crippen molar-refractivity contribution in [3.63, 3.8) is 0 Å². The molecule has 2 aromatic carbocycles. The van der Waals surface area contributed by atoms with Crippen molar-refractivity contribution in [3.05, 3.63) is 60.2 Å². The molecule has 0 amide bonds. The number of rotatable bonds is 2. The number of hydrogen-bond donors (Lipinski definition) is 0. The predicted octanol–water partition coefficient (Wildman–Crippen LogP) is 3.02. The molecule has 0 saturated carbocycles. The summed E-state index contributed by atoms with van der Waals surface area (Å²) in [6.07, 6.45) is 0.588. The van der Waals surface area contributed by atoms with Crippen LogP contribution in [0.4, 0.5) is 0 Å². The summed E-state index contributed by atoms with van der Waals surface area (Å²) in [5, 5.41) is 0. The molecule has 0 saturated heterocycles. The van der Waals surface area contributed by atoms with Gasteiger partial charge in [-0.05, 0) is 16.7 Å². The van der Waals surface area contributed by atoms with Crippen molar-refractivity contribution < 1.29 is 0 Å². The molecule has 0 aliphatic carbocycles. The van der Waals surface area contributed by atoms with Crippen LogP contribution in [0.5, 0.6) is 0 Å². The molecule has 0 aromatic heterocycles. The molecule has 2 rings (SSSR count). The van der Waals surface area contributed by atoms with Gasteiger partial charge in [0.25, 0.3) is 0 Å². The van der Waals surface area contributed by atoms with Crippen LogP contribution in [0.3, 0.4) is 0 Å². The summed E-state index contributed by atoms with van der Waals surface area (Å²) in [4.78, 5) is 0. The van der Waals surface area contributed by atoms with Crippen LogP contribution < -0.4 is 0 Å². The minimum atomic E-state index is 0.588. The van der Waals surface area contributed by atoms with E-state index in [2.05, 4.69) is 24.3 Å². The molecule has 0 fully saturated rings. The highest BCUT2D eigenvalue weighted by atomic mass is 14.0. The molecule has 0 N–H and O–H groups in total. The van der Waals surface area contributed by atoms with E-state index in [1.807, 2.05) is 30.3 Å². The molecule has 0 spiro atoms. The molecule has 2 aromatic rings. The van der Waals surface area contributed by atoms with Gasteiger partial charge >= 0.3 is 0 Å². The van der Waals surface area contributed by atoms with E-state index < -0.39 is 0 Å². The first-order valence-corrected chi connectivity index (χ1v) is 4.75. The zero-order chi connectivity index (χ0) is 9.80. The monoisotopic (exact) mass is 178 g/mol. The third kappa shape index (κ3) is 1.72. The third-order valence-corrected chi connectivity index (χ3v) is 2.32. The average molecular weight is 178 g/mol. The zero-order valence-corrected chi connectivity index (χ0v) is 7.98. The van der Waals surface area contributed by atoms with Crippen molar-refractivity contribution in [2.24, 2.45) is 0 Å². The molecule has 0 bridgehead atoms. The summed E-state index contributed by atoms with van der Waals surface area (Å²) in [7, 11) is 5.69. The van der Waals surface area contributed by atoms with Gasteiger partial charge in [0.1, 0.15) is 0 Å². The molecule has 0 unspecified atom stereocenters. The summed E-state index contributed by atoms with van der Waals surface area (Å²) in [5.74, 6) is 0. The van der Waals surface area contributed by atoms with E-state index in [1.165, 1.54) is 16.7 Å². The second-order valence-corrected chi connectivity index (χ2v) is 3.23. The lowest BCUT2D eigenvalue weighted by molar-refractivity contribution is 1.40. The van der Waals surface area contributed by atoms with Crippen molar-refractivity contribution >= 4 is 7.85 Å². The van der Waals surface area contributed by atoms with Crippen LogP contribution in [0.15, 0.2) is 54.6 Å². The van der Waals surface area contributed by atoms with Crippen molar-refractivity contribution in [3.8, 4) is 11.1 Å². The van der Waals surface area contributed by atoms with Gasteiger partial charge in [0.05, 0.1) is 7.85 Å². The first-order chi connectivity index (χ1) is 6.92. The van der Waals surface area contributed by atoms with Crippen LogP contribution in [0.1, 0.15) is 5.56 Å². The Morgan fingerprint density at radius 1 is 0.786 bits per heavy atom. The lowest BCUT2D eigenvalue weighted by atomic mass is 9.90. The van der Waals surface area contributed by atoms with E-state index in [9.17, 15) is 0 Å². The SMILES string of the molecule is [B]Cc1ccccc1-c1ccccc1. The van der Waals surface area contributed by atoms with Gasteiger partial charge in [0.15, 0.2) is 0 Å². The molecule has 0 heterocycles. The topological polar surface area (TPSA) is 0 Å². The van der Waals surface area contributed by atoms with Gasteiger partial charge in [-0.3, -0.25) is 0 Å². The zero-order valence-electron chi connectivity index (χ0n) is 7.98. The predicted molar refractivity (Wildman–Crippen MR) is 61.3 cm³/mol. The summed E-state index contributed by atoms with van der Waals surface area (Å²) in [6.45, 7) is 0. The quantitative estimate of drug-likeness (QED) is 0.620. The highest BCUT2D eigenvalue weighted by molar-refractivity contribution is 6.09. The highest BCUT2D eigenvalue weighted by Crippen LogP contribution is 2.22. The molecular formula is C13H11B. The van der Waals surface area contributed by atoms with Crippen molar-refractivity contribution in [2.75, 3.05) is 0 Å². The standard InChI is InChI=1S/C13H11B/c14-10-12-8-4-5-9-13(12)11-6-2-1-3-7-11/h1-9H,10H2. The Balaban J connectivity index is 2.51. The molecule has 0 aliphatic heterocycles. The molecule has 0 atom stereocenters. The fraction of sp³-hybridized carbons (Fsp3) is 0.0769. The van der Waals surface area contributed by atoms with E-state index in [0.717, 1.165) is 0 Å². The van der Waals surface area contributed by atoms with E-state index in [1.54, 1.807) is 0 Å². The summed E-state index contributed by atoms with van der Waals surface area (Å²) in [5.41, 5.74) is 3.66. The van der Waals surface area contributed by atoms with Crippen LogP contribution in [-0.4, -0.2) is 7.85 Å². The highest BCUT2D eigenvalue weighted by Gasteiger charge is 2.00. The van der Waals surface area contributed by atoms with Gasteiger partial charge < -0.3 is 0 Å². The average Bonchev–Trinajstić information content (AvgIpc) is 2.30. The maximum atomic E-state index is 5.69. The molecule has 0 nitrogen and oxygen atoms in total. The van der Waals surface area contributed by atoms with Gasteiger partial charge in [0, 0.05) is 0 Å². The Morgan fingerprint density at radius 2 is 1.43 bits per heavy atom. The summed E-state index contributed by atoms with van der Waals surface area (Å²) >= 11 is 0. The largest absolute Gasteiger partial charge is 0.0716 e. The maximum Gasteiger partial charge on any atom is 0.0716 e. The maximum absolute atomic E-state index is 5.69. The Labute approximate surface area is 86.0 Å². The van der Waals surface area contributed by atoms with Gasteiger partial charge in [-0.25, -0.2) is 0 Å². The molecule has 66 valence electrons. The van der Waals surface area contributed by atoms with E-state index >= 15 is 0 Å². The van der Waals surface area contributed by atoms with Crippen LogP contribution in [0.25, 0.3) is 11.1 Å². The minimum absolute atomic E-state index is 0.588. The van der Waals surface area contributed by atoms with Crippen molar-refractivity contribution in [2.45, 2.75) is 6.32 Å². The van der Waals surface area contributed by atoms with E-state index in [4.69, 9.17) is 7.85 Å². The fourth-order valence-electron chi connectivity index (χ4n) is 1.60. The van der Waals surface area contributed by atoms with Gasteiger partial charge in [-0.2, -0.15) is 0 Å². The van der Waals surface area contributed by atoms with Gasteiger partial charge in [0.2, 0.25) is 0 Å². The molecule has 2 radical (unpaired) electrons. The van der Waals surface area contributed by atoms with Gasteiger partial charge in [-0.15, -0.1) is 0 Å². The first kappa shape index (κ1) is 9.08. The minimum Gasteiger partial charge on any atom is -0.0637 e. The van der Waals surface area contributed by atoms with Crippen molar-refractivity contribution in [1.82, 2.24) is 0 Å². The lowest BCUT2D eigenvalue weighted by Crippen LogP contribution is -1.88.